The number of hydrogen-bond donors (Lipinski definition) is 7. The molecule has 0 amide bonds. The molecule has 0 unspecified atom stereocenters. The first-order chi connectivity index (χ1) is 18.5. The number of pyridine rings is 1. The number of ether oxygens (including phenoxy) is 2. The zero-order valence-electron chi connectivity index (χ0n) is 21.0. The Hall–Kier alpha value is -3.65. The van der Waals surface area contributed by atoms with Crippen molar-refractivity contribution in [3.05, 3.63) is 58.3 Å². The van der Waals surface area contributed by atoms with Crippen molar-refractivity contribution >= 4 is 28.2 Å². The van der Waals surface area contributed by atoms with Crippen LogP contribution in [0.4, 0.5) is 5.82 Å². The molecule has 1 saturated heterocycles. The number of phenolic OH excluding ortho intramolecular Hbond substituents is 1. The third-order valence-electron chi connectivity index (χ3n) is 6.88. The van der Waals surface area contributed by atoms with E-state index in [0.717, 1.165) is 0 Å². The van der Waals surface area contributed by atoms with Crippen molar-refractivity contribution < 1.29 is 49.7 Å². The van der Waals surface area contributed by atoms with Crippen LogP contribution in [0.25, 0.3) is 10.8 Å². The van der Waals surface area contributed by atoms with Crippen LogP contribution in [0.2, 0.25) is 0 Å². The van der Waals surface area contributed by atoms with Crippen molar-refractivity contribution in [1.29, 1.82) is 0 Å². The number of aromatic nitrogens is 1. The molecule has 39 heavy (non-hydrogen) atoms. The van der Waals surface area contributed by atoms with Gasteiger partial charge in [0.15, 0.2) is 5.78 Å². The second kappa shape index (κ2) is 10.2. The average molecular weight is 541 g/mol. The number of phenols is 1. The molecule has 7 N–H and O–H groups in total. The molecule has 3 aromatic rings. The van der Waals surface area contributed by atoms with Gasteiger partial charge in [-0.25, -0.2) is 4.98 Å². The zero-order valence-corrected chi connectivity index (χ0v) is 21.0. The molecule has 0 radical (unpaired) electrons. The van der Waals surface area contributed by atoms with Gasteiger partial charge in [-0.3, -0.25) is 9.59 Å². The lowest BCUT2D eigenvalue weighted by molar-refractivity contribution is -0.277. The van der Waals surface area contributed by atoms with Crippen LogP contribution < -0.4 is 10.1 Å². The lowest BCUT2D eigenvalue weighted by Crippen LogP contribution is -2.60. The number of carbonyl (C=O) groups is 2. The summed E-state index contributed by atoms with van der Waals surface area (Å²) < 4.78 is 11.4. The molecule has 2 aliphatic rings. The summed E-state index contributed by atoms with van der Waals surface area (Å²) in [5.74, 6) is -1.61. The van der Waals surface area contributed by atoms with Crippen LogP contribution in [0, 0.1) is 6.92 Å². The number of nitrogens with one attached hydrogen (secondary N) is 1. The van der Waals surface area contributed by atoms with Gasteiger partial charge in [-0.15, -0.1) is 0 Å². The van der Waals surface area contributed by atoms with E-state index in [9.17, 15) is 40.2 Å². The van der Waals surface area contributed by atoms with E-state index in [1.807, 2.05) is 0 Å². The third-order valence-corrected chi connectivity index (χ3v) is 6.88. The highest BCUT2D eigenvalue weighted by atomic mass is 16.7. The van der Waals surface area contributed by atoms with Crippen LogP contribution in [0.5, 0.6) is 11.5 Å². The van der Waals surface area contributed by atoms with Gasteiger partial charge in [0.05, 0.1) is 23.8 Å². The van der Waals surface area contributed by atoms with Crippen LogP contribution >= 0.6 is 0 Å². The molecule has 1 aliphatic heterocycles. The van der Waals surface area contributed by atoms with Crippen molar-refractivity contribution in [2.45, 2.75) is 50.7 Å². The predicted molar refractivity (Wildman–Crippen MR) is 136 cm³/mol. The molecule has 12 nitrogen and oxygen atoms in total. The minimum absolute atomic E-state index is 0.00610. The Bertz CT molecular complexity index is 1470. The molecule has 0 bridgehead atoms. The van der Waals surface area contributed by atoms with Gasteiger partial charge in [0.1, 0.15) is 41.7 Å². The summed E-state index contributed by atoms with van der Waals surface area (Å²) in [4.78, 5) is 32.0. The fourth-order valence-electron chi connectivity index (χ4n) is 4.97. The molecule has 1 fully saturated rings. The summed E-state index contributed by atoms with van der Waals surface area (Å²) in [6, 6.07) is 5.80. The van der Waals surface area contributed by atoms with Crippen molar-refractivity contribution in [3.8, 4) is 11.5 Å². The highest BCUT2D eigenvalue weighted by molar-refractivity contribution is 6.34. The number of nitrogens with zero attached hydrogens (tertiary/aromatic N) is 1. The first-order valence-corrected chi connectivity index (χ1v) is 12.3. The van der Waals surface area contributed by atoms with Gasteiger partial charge in [-0.2, -0.15) is 0 Å². The number of aromatic hydroxyl groups is 1. The summed E-state index contributed by atoms with van der Waals surface area (Å²) in [7, 11) is 0. The average Bonchev–Trinajstić information content (AvgIpc) is 2.89. The van der Waals surface area contributed by atoms with Crippen molar-refractivity contribution in [3.63, 3.8) is 0 Å². The van der Waals surface area contributed by atoms with Gasteiger partial charge in [0, 0.05) is 29.3 Å². The monoisotopic (exact) mass is 540 g/mol. The lowest BCUT2D eigenvalue weighted by atomic mass is 9.80. The van der Waals surface area contributed by atoms with E-state index < -0.39 is 55.0 Å². The number of anilines is 1. The summed E-state index contributed by atoms with van der Waals surface area (Å²) >= 11 is 0. The Kier molecular flexibility index (Phi) is 7.01. The third kappa shape index (κ3) is 4.50. The number of aryl methyl sites for hydroxylation is 1. The van der Waals surface area contributed by atoms with Gasteiger partial charge in [0.25, 0.3) is 0 Å². The number of rotatable bonds is 6. The number of carbonyl (C=O) groups excluding carboxylic acids is 2. The van der Waals surface area contributed by atoms with E-state index in [-0.39, 0.29) is 46.1 Å². The Balaban J connectivity index is 1.73. The maximum atomic E-state index is 13.9. The van der Waals surface area contributed by atoms with Crippen LogP contribution in [-0.4, -0.2) is 97.2 Å². The smallest absolute Gasteiger partial charge is 0.229 e. The molecule has 2 heterocycles. The molecule has 1 aromatic heterocycles. The maximum Gasteiger partial charge on any atom is 0.229 e. The fourth-order valence-corrected chi connectivity index (χ4v) is 4.97. The minimum Gasteiger partial charge on any atom is -0.507 e. The van der Waals surface area contributed by atoms with Crippen molar-refractivity contribution in [1.82, 2.24) is 4.98 Å². The van der Waals surface area contributed by atoms with Crippen LogP contribution in [0.15, 0.2) is 30.5 Å². The van der Waals surface area contributed by atoms with Gasteiger partial charge in [0.2, 0.25) is 12.1 Å². The topological polar surface area (TPSA) is 199 Å². The van der Waals surface area contributed by atoms with Gasteiger partial charge in [-0.1, -0.05) is 0 Å². The van der Waals surface area contributed by atoms with E-state index in [1.54, 1.807) is 19.9 Å². The Morgan fingerprint density at radius 3 is 2.46 bits per heavy atom. The molecule has 206 valence electrons. The van der Waals surface area contributed by atoms with Gasteiger partial charge < -0.3 is 45.4 Å². The van der Waals surface area contributed by atoms with E-state index in [4.69, 9.17) is 9.47 Å². The molecule has 6 atom stereocenters. The molecule has 2 aromatic carbocycles. The molecule has 0 saturated carbocycles. The highest BCUT2D eigenvalue weighted by Gasteiger charge is 2.46. The zero-order chi connectivity index (χ0) is 28.2. The Morgan fingerprint density at radius 1 is 1.03 bits per heavy atom. The molecular weight excluding hydrogens is 512 g/mol. The second-order valence-corrected chi connectivity index (χ2v) is 9.79. The van der Waals surface area contributed by atoms with Crippen molar-refractivity contribution in [2.24, 2.45) is 0 Å². The first kappa shape index (κ1) is 26.9. The summed E-state index contributed by atoms with van der Waals surface area (Å²) in [5, 5.41) is 64.6. The summed E-state index contributed by atoms with van der Waals surface area (Å²) in [6.45, 7) is 2.67. The standard InChI is InChI=1S/C27H28N2O10/c1-10-5-14-18(15(32)6-10)23(35)20-16(38-27-25(37)24(36)22(34)17(9-30)39-27)7-13-12(19(20)21(14)33)3-4-28-26(13)29-8-11(2)31/h3-7,11,17,22,24-25,27,30-32,34,36-37H,8-9H2,1-2H3,(H,28,29)/t11-,17+,22+,24-,25+,27-/m0/s1. The number of hydrogen-bond acceptors (Lipinski definition) is 12. The van der Waals surface area contributed by atoms with Crippen molar-refractivity contribution in [2.75, 3.05) is 18.5 Å². The van der Waals surface area contributed by atoms with Crippen LogP contribution in [-0.2, 0) is 4.74 Å². The van der Waals surface area contributed by atoms with E-state index >= 15 is 0 Å². The summed E-state index contributed by atoms with van der Waals surface area (Å²) in [6.07, 6.45) is -7.38. The van der Waals surface area contributed by atoms with E-state index in [0.29, 0.717) is 16.3 Å². The summed E-state index contributed by atoms with van der Waals surface area (Å²) in [5.41, 5.74) is 0.125. The number of fused-ring (bicyclic) bond motifs is 4. The van der Waals surface area contributed by atoms with E-state index in [1.165, 1.54) is 24.4 Å². The Labute approximate surface area is 222 Å². The Morgan fingerprint density at radius 2 is 1.77 bits per heavy atom. The number of aliphatic hydroxyl groups excluding tert-OH is 5. The van der Waals surface area contributed by atoms with E-state index in [2.05, 4.69) is 10.3 Å². The molecule has 5 rings (SSSR count). The minimum atomic E-state index is -1.78. The maximum absolute atomic E-state index is 13.9. The number of benzene rings is 2. The van der Waals surface area contributed by atoms with Crippen LogP contribution in [0.3, 0.4) is 0 Å². The fraction of sp³-hybridized carbons (Fsp3) is 0.370. The molecular formula is C27H28N2O10. The van der Waals surface area contributed by atoms with Gasteiger partial charge >= 0.3 is 0 Å². The second-order valence-electron chi connectivity index (χ2n) is 9.79. The first-order valence-electron chi connectivity index (χ1n) is 12.3. The number of aliphatic hydroxyl groups is 5. The molecule has 12 heteroatoms. The normalized spacial score (nSPS) is 25.3. The van der Waals surface area contributed by atoms with Gasteiger partial charge in [-0.05, 0) is 49.1 Å². The highest BCUT2D eigenvalue weighted by Crippen LogP contribution is 2.43. The van der Waals surface area contributed by atoms with Crippen LogP contribution in [0.1, 0.15) is 44.3 Å². The largest absolute Gasteiger partial charge is 0.507 e. The lowest BCUT2D eigenvalue weighted by Gasteiger charge is -2.40. The quantitative estimate of drug-likeness (QED) is 0.173. The SMILES string of the molecule is Cc1cc(O)c2c(c1)C(=O)c1c(c(O[C@H]3O[C@H](CO)[C@@H](O)[C@H](O)[C@H]3O)cc3c(NC[C@H](C)O)nccc13)C2=O. The predicted octanol–water partition coefficient (Wildman–Crippen LogP) is -0.00438. The number of ketones is 2. The molecule has 1 aliphatic carbocycles. The molecule has 0 spiro atoms.